The predicted molar refractivity (Wildman–Crippen MR) is 83.4 cm³/mol. The lowest BCUT2D eigenvalue weighted by molar-refractivity contribution is -0.313. The standard InChI is InChI=1S/C16H18N2O3S/c1-9-6-7-12-13(8-9)22-16(17-12)18-14(19)10-4-2-3-5-11(10)15(20)21/h6-8,10-11H,2-5H2,1H3,(H,20,21)(H,17,18,19)/p-1/t10-,11-/m0/s1. The number of carbonyl (C=O) groups is 2. The van der Waals surface area contributed by atoms with Gasteiger partial charge in [-0.25, -0.2) is 4.98 Å². The normalized spacial score (nSPS) is 21.7. The summed E-state index contributed by atoms with van der Waals surface area (Å²) >= 11 is 1.41. The minimum atomic E-state index is -1.13. The molecule has 0 aliphatic heterocycles. The van der Waals surface area contributed by atoms with Crippen LogP contribution < -0.4 is 10.4 Å². The number of carboxylic acid groups (broad SMARTS) is 1. The average molecular weight is 317 g/mol. The maximum atomic E-state index is 12.4. The molecule has 0 radical (unpaired) electrons. The number of aryl methyl sites for hydroxylation is 1. The zero-order valence-electron chi connectivity index (χ0n) is 12.3. The van der Waals surface area contributed by atoms with E-state index in [1.807, 2.05) is 25.1 Å². The molecule has 0 saturated heterocycles. The van der Waals surface area contributed by atoms with Crippen LogP contribution in [0.4, 0.5) is 5.13 Å². The number of anilines is 1. The quantitative estimate of drug-likeness (QED) is 0.940. The van der Waals surface area contributed by atoms with E-state index < -0.39 is 17.8 Å². The van der Waals surface area contributed by atoms with Gasteiger partial charge in [0.1, 0.15) is 0 Å². The molecular weight excluding hydrogens is 300 g/mol. The van der Waals surface area contributed by atoms with Crippen LogP contribution in [0.5, 0.6) is 0 Å². The highest BCUT2D eigenvalue weighted by Crippen LogP contribution is 2.32. The Bertz CT molecular complexity index is 725. The maximum absolute atomic E-state index is 12.4. The molecule has 1 aliphatic rings. The fraction of sp³-hybridized carbons (Fsp3) is 0.438. The SMILES string of the molecule is Cc1ccc2nc(NC(=O)[C@H]3CCCC[C@@H]3C(=O)[O-])sc2c1. The number of hydrogen-bond acceptors (Lipinski definition) is 5. The number of nitrogens with zero attached hydrogens (tertiary/aromatic N) is 1. The Labute approximate surface area is 132 Å². The van der Waals surface area contributed by atoms with Crippen molar-refractivity contribution < 1.29 is 14.7 Å². The first-order valence-electron chi connectivity index (χ1n) is 7.43. The lowest BCUT2D eigenvalue weighted by Gasteiger charge is -2.30. The summed E-state index contributed by atoms with van der Waals surface area (Å²) in [5.74, 6) is -2.60. The molecule has 2 atom stereocenters. The van der Waals surface area contributed by atoms with Gasteiger partial charge in [0.25, 0.3) is 0 Å². The third-order valence-corrected chi connectivity index (χ3v) is 5.11. The first-order chi connectivity index (χ1) is 10.5. The van der Waals surface area contributed by atoms with Gasteiger partial charge >= 0.3 is 0 Å². The van der Waals surface area contributed by atoms with E-state index >= 15 is 0 Å². The van der Waals surface area contributed by atoms with Gasteiger partial charge < -0.3 is 15.2 Å². The van der Waals surface area contributed by atoms with Crippen molar-refractivity contribution in [3.63, 3.8) is 0 Å². The summed E-state index contributed by atoms with van der Waals surface area (Å²) in [6.45, 7) is 2.00. The molecule has 116 valence electrons. The molecule has 22 heavy (non-hydrogen) atoms. The Morgan fingerprint density at radius 1 is 1.27 bits per heavy atom. The second kappa shape index (κ2) is 6.04. The molecule has 1 saturated carbocycles. The van der Waals surface area contributed by atoms with E-state index in [0.29, 0.717) is 18.0 Å². The van der Waals surface area contributed by atoms with Crippen LogP contribution in [0.15, 0.2) is 18.2 Å². The summed E-state index contributed by atoms with van der Waals surface area (Å²) in [5, 5.41) is 14.5. The fourth-order valence-corrected chi connectivity index (χ4v) is 3.98. The first-order valence-corrected chi connectivity index (χ1v) is 8.25. The molecule has 1 aromatic carbocycles. The van der Waals surface area contributed by atoms with Crippen molar-refractivity contribution in [1.82, 2.24) is 4.98 Å². The van der Waals surface area contributed by atoms with E-state index in [0.717, 1.165) is 28.6 Å². The van der Waals surface area contributed by atoms with E-state index in [1.54, 1.807) is 0 Å². The van der Waals surface area contributed by atoms with Crippen molar-refractivity contribution >= 4 is 38.6 Å². The van der Waals surface area contributed by atoms with Crippen LogP contribution in [0, 0.1) is 18.8 Å². The molecule has 1 heterocycles. The lowest BCUT2D eigenvalue weighted by atomic mass is 9.79. The number of hydrogen-bond donors (Lipinski definition) is 1. The van der Waals surface area contributed by atoms with Crippen LogP contribution >= 0.6 is 11.3 Å². The Morgan fingerprint density at radius 2 is 2.00 bits per heavy atom. The fourth-order valence-electron chi connectivity index (χ4n) is 3.01. The summed E-state index contributed by atoms with van der Waals surface area (Å²) in [5.41, 5.74) is 1.98. The van der Waals surface area contributed by atoms with E-state index in [9.17, 15) is 14.7 Å². The van der Waals surface area contributed by atoms with Gasteiger partial charge in [0.05, 0.1) is 10.2 Å². The highest BCUT2D eigenvalue weighted by molar-refractivity contribution is 7.22. The molecule has 0 bridgehead atoms. The summed E-state index contributed by atoms with van der Waals surface area (Å²) < 4.78 is 1.01. The minimum Gasteiger partial charge on any atom is -0.550 e. The Balaban J connectivity index is 1.78. The minimum absolute atomic E-state index is 0.260. The van der Waals surface area contributed by atoms with Gasteiger partial charge in [-0.05, 0) is 37.5 Å². The smallest absolute Gasteiger partial charge is 0.229 e. The molecule has 1 amide bonds. The molecule has 1 aliphatic carbocycles. The van der Waals surface area contributed by atoms with E-state index in [1.165, 1.54) is 11.3 Å². The van der Waals surface area contributed by atoms with E-state index in [2.05, 4.69) is 10.3 Å². The monoisotopic (exact) mass is 317 g/mol. The maximum Gasteiger partial charge on any atom is 0.229 e. The number of rotatable bonds is 3. The summed E-state index contributed by atoms with van der Waals surface area (Å²) in [7, 11) is 0. The molecule has 3 rings (SSSR count). The molecule has 6 heteroatoms. The number of aromatic nitrogens is 1. The molecule has 1 N–H and O–H groups in total. The van der Waals surface area contributed by atoms with E-state index in [-0.39, 0.29) is 5.91 Å². The predicted octanol–water partition coefficient (Wildman–Crippen LogP) is 2.10. The topological polar surface area (TPSA) is 82.1 Å². The number of nitrogens with one attached hydrogen (secondary N) is 1. The van der Waals surface area contributed by atoms with Crippen LogP contribution in [0.2, 0.25) is 0 Å². The van der Waals surface area contributed by atoms with Gasteiger partial charge in [0.15, 0.2) is 5.13 Å². The zero-order valence-corrected chi connectivity index (χ0v) is 13.1. The Morgan fingerprint density at radius 3 is 2.73 bits per heavy atom. The van der Waals surface area contributed by atoms with Crippen molar-refractivity contribution in [3.8, 4) is 0 Å². The Kier molecular flexibility index (Phi) is 4.11. The van der Waals surface area contributed by atoms with Gasteiger partial charge in [0, 0.05) is 17.8 Å². The van der Waals surface area contributed by atoms with Gasteiger partial charge in [-0.2, -0.15) is 0 Å². The van der Waals surface area contributed by atoms with Crippen LogP contribution in [0.25, 0.3) is 10.2 Å². The molecule has 0 unspecified atom stereocenters. The molecule has 5 nitrogen and oxygen atoms in total. The van der Waals surface area contributed by atoms with E-state index in [4.69, 9.17) is 0 Å². The number of fused-ring (bicyclic) bond motifs is 1. The second-order valence-corrected chi connectivity index (χ2v) is 6.83. The molecule has 1 aromatic heterocycles. The average Bonchev–Trinajstić information content (AvgIpc) is 2.88. The second-order valence-electron chi connectivity index (χ2n) is 5.80. The van der Waals surface area contributed by atoms with Crippen molar-refractivity contribution in [3.05, 3.63) is 23.8 Å². The third-order valence-electron chi connectivity index (χ3n) is 4.18. The highest BCUT2D eigenvalue weighted by atomic mass is 32.1. The van der Waals surface area contributed by atoms with Crippen molar-refractivity contribution in [2.45, 2.75) is 32.6 Å². The lowest BCUT2D eigenvalue weighted by Crippen LogP contribution is -2.42. The number of carboxylic acids is 1. The van der Waals surface area contributed by atoms with Crippen molar-refractivity contribution in [2.75, 3.05) is 5.32 Å². The molecule has 2 aromatic rings. The number of benzene rings is 1. The van der Waals surface area contributed by atoms with Crippen LogP contribution in [0.3, 0.4) is 0 Å². The van der Waals surface area contributed by atoms with Crippen molar-refractivity contribution in [2.24, 2.45) is 11.8 Å². The summed E-state index contributed by atoms with van der Waals surface area (Å²) in [6.07, 6.45) is 2.82. The molecule has 1 fully saturated rings. The summed E-state index contributed by atoms with van der Waals surface area (Å²) in [4.78, 5) is 28.0. The number of aliphatic carboxylic acids is 1. The molecule has 0 spiro atoms. The molecular formula is C16H17N2O3S-. The van der Waals surface area contributed by atoms with Gasteiger partial charge in [0.2, 0.25) is 5.91 Å². The van der Waals surface area contributed by atoms with Gasteiger partial charge in [-0.3, -0.25) is 4.79 Å². The highest BCUT2D eigenvalue weighted by Gasteiger charge is 2.32. The third kappa shape index (κ3) is 2.97. The number of carbonyl (C=O) groups excluding carboxylic acids is 2. The van der Waals surface area contributed by atoms with Crippen LogP contribution in [-0.4, -0.2) is 16.9 Å². The first kappa shape index (κ1) is 15.0. The van der Waals surface area contributed by atoms with Crippen LogP contribution in [0.1, 0.15) is 31.2 Å². The van der Waals surface area contributed by atoms with Crippen LogP contribution in [-0.2, 0) is 9.59 Å². The van der Waals surface area contributed by atoms with Crippen molar-refractivity contribution in [1.29, 1.82) is 0 Å². The number of amides is 1. The largest absolute Gasteiger partial charge is 0.550 e. The number of thiazole rings is 1. The Hall–Kier alpha value is -1.95. The van der Waals surface area contributed by atoms with Gasteiger partial charge in [-0.1, -0.05) is 30.2 Å². The van der Waals surface area contributed by atoms with Gasteiger partial charge in [-0.15, -0.1) is 0 Å². The summed E-state index contributed by atoms with van der Waals surface area (Å²) in [6, 6.07) is 5.91. The zero-order chi connectivity index (χ0) is 15.7.